The molecule has 2 atom stereocenters. The summed E-state index contributed by atoms with van der Waals surface area (Å²) in [4.78, 5) is 14.0. The number of piperidine rings is 1. The summed E-state index contributed by atoms with van der Waals surface area (Å²) in [5, 5.41) is 11.9. The summed E-state index contributed by atoms with van der Waals surface area (Å²) in [6, 6.07) is 14.0. The van der Waals surface area contributed by atoms with E-state index in [9.17, 15) is 9.90 Å². The molecule has 30 heavy (non-hydrogen) atoms. The minimum absolute atomic E-state index is 0.155. The van der Waals surface area contributed by atoms with Gasteiger partial charge in [-0.25, -0.2) is 0 Å². The minimum Gasteiger partial charge on any atom is -0.490 e. The van der Waals surface area contributed by atoms with Gasteiger partial charge in [-0.05, 0) is 80.4 Å². The summed E-state index contributed by atoms with van der Waals surface area (Å²) in [6.45, 7) is 3.26. The number of rotatable bonds is 5. The first kappa shape index (κ1) is 19.9. The zero-order valence-corrected chi connectivity index (χ0v) is 17.9. The fraction of sp³-hybridized carbons (Fsp3) is 0.577. The molecule has 1 saturated carbocycles. The number of carboxylic acid groups (broad SMARTS) is 1. The fourth-order valence-corrected chi connectivity index (χ4v) is 5.98. The Hall–Kier alpha value is -2.07. The molecule has 3 aliphatic rings. The maximum atomic E-state index is 11.4. The molecule has 2 heterocycles. The van der Waals surface area contributed by atoms with E-state index in [1.54, 1.807) is 0 Å². The number of benzene rings is 2. The predicted molar refractivity (Wildman–Crippen MR) is 119 cm³/mol. The SMILES string of the molecule is CC1CCC(Oc2cccc3cc(CN4C5CCC4CC(C(=O)O)C5)ccc23)CC1. The number of carbonyl (C=O) groups is 1. The van der Waals surface area contributed by atoms with Crippen LogP contribution in [0.1, 0.15) is 63.9 Å². The molecule has 1 N–H and O–H groups in total. The van der Waals surface area contributed by atoms with Crippen molar-refractivity contribution in [2.75, 3.05) is 0 Å². The van der Waals surface area contributed by atoms with Crippen LogP contribution in [0.2, 0.25) is 0 Å². The van der Waals surface area contributed by atoms with Crippen LogP contribution in [0.25, 0.3) is 10.8 Å². The van der Waals surface area contributed by atoms with Gasteiger partial charge in [-0.15, -0.1) is 0 Å². The molecule has 2 saturated heterocycles. The molecule has 2 bridgehead atoms. The monoisotopic (exact) mass is 407 g/mol. The highest BCUT2D eigenvalue weighted by atomic mass is 16.5. The molecule has 5 rings (SSSR count). The van der Waals surface area contributed by atoms with Crippen molar-refractivity contribution in [2.24, 2.45) is 11.8 Å². The van der Waals surface area contributed by atoms with Crippen molar-refractivity contribution in [1.82, 2.24) is 4.90 Å². The topological polar surface area (TPSA) is 49.8 Å². The summed E-state index contributed by atoms with van der Waals surface area (Å²) in [5.74, 6) is 1.08. The van der Waals surface area contributed by atoms with Crippen molar-refractivity contribution in [1.29, 1.82) is 0 Å². The molecular weight excluding hydrogens is 374 g/mol. The van der Waals surface area contributed by atoms with Gasteiger partial charge in [-0.3, -0.25) is 9.69 Å². The highest BCUT2D eigenvalue weighted by Gasteiger charge is 2.42. The second-order valence-corrected chi connectivity index (χ2v) is 9.88. The number of fused-ring (bicyclic) bond motifs is 3. The average Bonchev–Trinajstić information content (AvgIpc) is 2.96. The Morgan fingerprint density at radius 1 is 1.03 bits per heavy atom. The maximum Gasteiger partial charge on any atom is 0.306 e. The van der Waals surface area contributed by atoms with Gasteiger partial charge in [0.15, 0.2) is 0 Å². The highest BCUT2D eigenvalue weighted by Crippen LogP contribution is 2.40. The summed E-state index contributed by atoms with van der Waals surface area (Å²) in [6.07, 6.45) is 9.07. The molecule has 0 amide bonds. The number of hydrogen-bond acceptors (Lipinski definition) is 3. The Labute approximate surface area is 179 Å². The molecule has 0 radical (unpaired) electrons. The van der Waals surface area contributed by atoms with Crippen LogP contribution in [0.3, 0.4) is 0 Å². The van der Waals surface area contributed by atoms with Crippen molar-refractivity contribution in [3.8, 4) is 5.75 Å². The predicted octanol–water partition coefficient (Wildman–Crippen LogP) is 5.62. The Bertz CT molecular complexity index is 904. The van der Waals surface area contributed by atoms with E-state index >= 15 is 0 Å². The van der Waals surface area contributed by atoms with Crippen LogP contribution < -0.4 is 4.74 Å². The lowest BCUT2D eigenvalue weighted by atomic mass is 9.89. The van der Waals surface area contributed by atoms with Gasteiger partial charge in [0.2, 0.25) is 0 Å². The van der Waals surface area contributed by atoms with Crippen LogP contribution in [-0.4, -0.2) is 34.2 Å². The summed E-state index contributed by atoms with van der Waals surface area (Å²) in [7, 11) is 0. The van der Waals surface area contributed by atoms with E-state index < -0.39 is 5.97 Å². The van der Waals surface area contributed by atoms with Gasteiger partial charge in [0, 0.05) is 24.0 Å². The normalized spacial score (nSPS) is 31.7. The van der Waals surface area contributed by atoms with E-state index in [2.05, 4.69) is 48.2 Å². The Kier molecular flexibility index (Phi) is 5.44. The molecule has 2 aromatic carbocycles. The first-order valence-electron chi connectivity index (χ1n) is 11.7. The third kappa shape index (κ3) is 3.94. The molecule has 2 aromatic rings. The van der Waals surface area contributed by atoms with Crippen molar-refractivity contribution < 1.29 is 14.6 Å². The van der Waals surface area contributed by atoms with Crippen LogP contribution in [-0.2, 0) is 11.3 Å². The van der Waals surface area contributed by atoms with Crippen molar-refractivity contribution in [3.63, 3.8) is 0 Å². The number of nitrogens with zero attached hydrogens (tertiary/aromatic N) is 1. The van der Waals surface area contributed by atoms with Crippen LogP contribution in [0, 0.1) is 11.8 Å². The molecule has 3 fully saturated rings. The van der Waals surface area contributed by atoms with Crippen LogP contribution in [0.15, 0.2) is 36.4 Å². The summed E-state index contributed by atoms with van der Waals surface area (Å²) >= 11 is 0. The van der Waals surface area contributed by atoms with Gasteiger partial charge >= 0.3 is 5.97 Å². The Balaban J connectivity index is 1.31. The third-order valence-electron chi connectivity index (χ3n) is 7.76. The molecule has 4 nitrogen and oxygen atoms in total. The Morgan fingerprint density at radius 3 is 2.47 bits per heavy atom. The van der Waals surface area contributed by atoms with Crippen molar-refractivity contribution in [2.45, 2.75) is 83.0 Å². The quantitative estimate of drug-likeness (QED) is 0.698. The van der Waals surface area contributed by atoms with Gasteiger partial charge in [0.1, 0.15) is 5.75 Å². The van der Waals surface area contributed by atoms with Gasteiger partial charge in [-0.1, -0.05) is 31.2 Å². The first-order valence-corrected chi connectivity index (χ1v) is 11.7. The van der Waals surface area contributed by atoms with E-state index in [0.717, 1.165) is 56.7 Å². The maximum absolute atomic E-state index is 11.4. The zero-order chi connectivity index (χ0) is 20.7. The highest BCUT2D eigenvalue weighted by molar-refractivity contribution is 5.88. The lowest BCUT2D eigenvalue weighted by Crippen LogP contribution is -2.44. The number of hydrogen-bond donors (Lipinski definition) is 1. The fourth-order valence-electron chi connectivity index (χ4n) is 5.98. The van der Waals surface area contributed by atoms with Gasteiger partial charge in [0.05, 0.1) is 12.0 Å². The van der Waals surface area contributed by atoms with E-state index in [4.69, 9.17) is 4.74 Å². The molecule has 0 aromatic heterocycles. The molecule has 2 aliphatic heterocycles. The van der Waals surface area contributed by atoms with E-state index in [1.807, 2.05) is 0 Å². The largest absolute Gasteiger partial charge is 0.490 e. The summed E-state index contributed by atoms with van der Waals surface area (Å²) < 4.78 is 6.42. The minimum atomic E-state index is -0.614. The van der Waals surface area contributed by atoms with E-state index in [1.165, 1.54) is 29.2 Å². The Morgan fingerprint density at radius 2 is 1.77 bits per heavy atom. The lowest BCUT2D eigenvalue weighted by molar-refractivity contribution is -0.144. The van der Waals surface area contributed by atoms with Crippen LogP contribution in [0.5, 0.6) is 5.75 Å². The van der Waals surface area contributed by atoms with Crippen LogP contribution in [0.4, 0.5) is 0 Å². The van der Waals surface area contributed by atoms with Crippen molar-refractivity contribution >= 4 is 16.7 Å². The van der Waals surface area contributed by atoms with Gasteiger partial charge < -0.3 is 9.84 Å². The molecule has 4 heteroatoms. The number of carboxylic acids is 1. The molecule has 2 unspecified atom stereocenters. The van der Waals surface area contributed by atoms with E-state index in [-0.39, 0.29) is 5.92 Å². The van der Waals surface area contributed by atoms with Gasteiger partial charge in [0.25, 0.3) is 0 Å². The average molecular weight is 408 g/mol. The van der Waals surface area contributed by atoms with E-state index in [0.29, 0.717) is 18.2 Å². The molecule has 0 spiro atoms. The first-order chi connectivity index (χ1) is 14.6. The summed E-state index contributed by atoms with van der Waals surface area (Å²) in [5.41, 5.74) is 1.32. The zero-order valence-electron chi connectivity index (χ0n) is 17.9. The van der Waals surface area contributed by atoms with Gasteiger partial charge in [-0.2, -0.15) is 0 Å². The standard InChI is InChI=1S/C26H33NO3/c1-17-5-10-23(11-6-17)30-25-4-2-3-19-13-18(7-12-24(19)25)16-27-21-8-9-22(27)15-20(14-21)26(28)29/h2-4,7,12-13,17,20-23H,5-6,8-11,14-16H2,1H3,(H,28,29). The lowest BCUT2D eigenvalue weighted by Gasteiger charge is -2.37. The second kappa shape index (κ2) is 8.22. The molecule has 160 valence electrons. The smallest absolute Gasteiger partial charge is 0.306 e. The second-order valence-electron chi connectivity index (χ2n) is 9.88. The molecule has 1 aliphatic carbocycles. The third-order valence-corrected chi connectivity index (χ3v) is 7.76. The molecular formula is C26H33NO3. The number of aliphatic carboxylic acids is 1. The van der Waals surface area contributed by atoms with Crippen molar-refractivity contribution in [3.05, 3.63) is 42.0 Å². The number of ether oxygens (including phenoxy) is 1. The van der Waals surface area contributed by atoms with Crippen LogP contribution >= 0.6 is 0 Å².